The molecule has 1 aliphatic rings. The molecule has 1 aromatic rings. The summed E-state index contributed by atoms with van der Waals surface area (Å²) >= 11 is 8.82. The first-order valence-corrected chi connectivity index (χ1v) is 8.31. The minimum atomic E-state index is -0.363. The zero-order chi connectivity index (χ0) is 13.0. The SMILES string of the molecule is NC(=S)c1c(F)cccc1NCC1CSCCS1. The molecule has 2 rings (SSSR count). The van der Waals surface area contributed by atoms with Crippen molar-refractivity contribution in [3.8, 4) is 0 Å². The van der Waals surface area contributed by atoms with Gasteiger partial charge in [0.05, 0.1) is 5.56 Å². The zero-order valence-corrected chi connectivity index (χ0v) is 12.3. The number of hydrogen-bond donors (Lipinski definition) is 2. The Morgan fingerprint density at radius 2 is 2.33 bits per heavy atom. The Kier molecular flexibility index (Phi) is 5.14. The standard InChI is InChI=1S/C12H15FN2S3/c13-9-2-1-3-10(11(9)12(14)16)15-6-8-7-17-4-5-18-8/h1-3,8,15H,4-7H2,(H2,14,16). The molecule has 2 nitrogen and oxygen atoms in total. The van der Waals surface area contributed by atoms with Gasteiger partial charge in [0.15, 0.2) is 0 Å². The van der Waals surface area contributed by atoms with Crippen LogP contribution in [-0.4, -0.2) is 34.0 Å². The van der Waals surface area contributed by atoms with Crippen LogP contribution in [0.25, 0.3) is 0 Å². The second-order valence-electron chi connectivity index (χ2n) is 3.98. The fourth-order valence-electron chi connectivity index (χ4n) is 1.80. The van der Waals surface area contributed by atoms with Crippen LogP contribution in [0.15, 0.2) is 18.2 Å². The first-order valence-electron chi connectivity index (χ1n) is 5.70. The van der Waals surface area contributed by atoms with Gasteiger partial charge in [0, 0.05) is 34.7 Å². The molecular weight excluding hydrogens is 287 g/mol. The summed E-state index contributed by atoms with van der Waals surface area (Å²) in [5.41, 5.74) is 6.58. The molecule has 0 saturated carbocycles. The average Bonchev–Trinajstić information content (AvgIpc) is 2.37. The predicted molar refractivity (Wildman–Crippen MR) is 84.3 cm³/mol. The summed E-state index contributed by atoms with van der Waals surface area (Å²) in [5, 5.41) is 3.82. The Morgan fingerprint density at radius 3 is 3.00 bits per heavy atom. The fraction of sp³-hybridized carbons (Fsp3) is 0.417. The molecule has 1 heterocycles. The molecule has 6 heteroatoms. The highest BCUT2D eigenvalue weighted by molar-refractivity contribution is 8.06. The molecule has 1 unspecified atom stereocenters. The molecule has 0 aromatic heterocycles. The van der Waals surface area contributed by atoms with Crippen LogP contribution in [-0.2, 0) is 0 Å². The first kappa shape index (κ1) is 14.0. The van der Waals surface area contributed by atoms with E-state index in [1.807, 2.05) is 29.6 Å². The summed E-state index contributed by atoms with van der Waals surface area (Å²) in [7, 11) is 0. The van der Waals surface area contributed by atoms with Gasteiger partial charge in [-0.1, -0.05) is 18.3 Å². The number of hydrogen-bond acceptors (Lipinski definition) is 4. The number of benzene rings is 1. The van der Waals surface area contributed by atoms with Crippen molar-refractivity contribution >= 4 is 46.4 Å². The Balaban J connectivity index is 2.04. The minimum Gasteiger partial charge on any atom is -0.389 e. The summed E-state index contributed by atoms with van der Waals surface area (Å²) in [6.07, 6.45) is 0. The molecule has 0 aliphatic carbocycles. The summed E-state index contributed by atoms with van der Waals surface area (Å²) in [6, 6.07) is 4.87. The Hall–Kier alpha value is -0.460. The van der Waals surface area contributed by atoms with Crippen molar-refractivity contribution in [2.75, 3.05) is 29.1 Å². The number of anilines is 1. The van der Waals surface area contributed by atoms with E-state index in [9.17, 15) is 4.39 Å². The van der Waals surface area contributed by atoms with Gasteiger partial charge in [-0.2, -0.15) is 23.5 Å². The van der Waals surface area contributed by atoms with Gasteiger partial charge in [0.1, 0.15) is 10.8 Å². The molecule has 0 bridgehead atoms. The highest BCUT2D eigenvalue weighted by atomic mass is 32.2. The summed E-state index contributed by atoms with van der Waals surface area (Å²) < 4.78 is 13.6. The van der Waals surface area contributed by atoms with Crippen molar-refractivity contribution in [2.24, 2.45) is 5.73 Å². The molecule has 1 atom stereocenters. The Morgan fingerprint density at radius 1 is 1.50 bits per heavy atom. The second kappa shape index (κ2) is 6.63. The molecule has 18 heavy (non-hydrogen) atoms. The van der Waals surface area contributed by atoms with Crippen LogP contribution in [0.4, 0.5) is 10.1 Å². The molecular formula is C12H15FN2S3. The molecule has 1 aromatic carbocycles. The third kappa shape index (κ3) is 3.52. The topological polar surface area (TPSA) is 38.0 Å². The van der Waals surface area contributed by atoms with Crippen LogP contribution in [0.5, 0.6) is 0 Å². The average molecular weight is 302 g/mol. The number of thioether (sulfide) groups is 2. The lowest BCUT2D eigenvalue weighted by atomic mass is 10.1. The highest BCUT2D eigenvalue weighted by Gasteiger charge is 2.16. The van der Waals surface area contributed by atoms with Crippen molar-refractivity contribution in [1.29, 1.82) is 0 Å². The van der Waals surface area contributed by atoms with E-state index in [0.29, 0.717) is 16.5 Å². The number of halogens is 1. The van der Waals surface area contributed by atoms with E-state index in [1.54, 1.807) is 6.07 Å². The normalized spacial score (nSPS) is 19.5. The van der Waals surface area contributed by atoms with Gasteiger partial charge in [-0.3, -0.25) is 0 Å². The van der Waals surface area contributed by atoms with E-state index in [0.717, 1.165) is 12.3 Å². The molecule has 3 N–H and O–H groups in total. The van der Waals surface area contributed by atoms with Gasteiger partial charge in [-0.05, 0) is 12.1 Å². The quantitative estimate of drug-likeness (QED) is 0.837. The third-order valence-electron chi connectivity index (χ3n) is 2.67. The van der Waals surface area contributed by atoms with Crippen molar-refractivity contribution in [1.82, 2.24) is 0 Å². The van der Waals surface area contributed by atoms with Crippen LogP contribution in [0.2, 0.25) is 0 Å². The second-order valence-corrected chi connectivity index (χ2v) is 6.97. The number of nitrogens with two attached hydrogens (primary N) is 1. The lowest BCUT2D eigenvalue weighted by molar-refractivity contribution is 0.626. The molecule has 1 fully saturated rings. The van der Waals surface area contributed by atoms with E-state index in [1.165, 1.54) is 17.6 Å². The van der Waals surface area contributed by atoms with Gasteiger partial charge in [-0.15, -0.1) is 0 Å². The maximum Gasteiger partial charge on any atom is 0.135 e. The smallest absolute Gasteiger partial charge is 0.135 e. The van der Waals surface area contributed by atoms with E-state index < -0.39 is 0 Å². The Labute approximate surface area is 120 Å². The molecule has 1 aliphatic heterocycles. The molecule has 0 radical (unpaired) electrons. The molecule has 0 amide bonds. The molecule has 0 spiro atoms. The van der Waals surface area contributed by atoms with Crippen molar-refractivity contribution in [2.45, 2.75) is 5.25 Å². The maximum absolute atomic E-state index is 13.6. The van der Waals surface area contributed by atoms with E-state index in [2.05, 4.69) is 5.32 Å². The summed E-state index contributed by atoms with van der Waals surface area (Å²) in [4.78, 5) is 0.0984. The fourth-order valence-corrected chi connectivity index (χ4v) is 4.62. The number of nitrogens with one attached hydrogen (secondary N) is 1. The summed E-state index contributed by atoms with van der Waals surface area (Å²) in [5.74, 6) is 3.18. The van der Waals surface area contributed by atoms with Crippen LogP contribution >= 0.6 is 35.7 Å². The van der Waals surface area contributed by atoms with Gasteiger partial charge in [-0.25, -0.2) is 4.39 Å². The largest absolute Gasteiger partial charge is 0.389 e. The predicted octanol–water partition coefficient (Wildman–Crippen LogP) is 2.72. The van der Waals surface area contributed by atoms with Crippen LogP contribution in [0, 0.1) is 5.82 Å². The maximum atomic E-state index is 13.6. The van der Waals surface area contributed by atoms with E-state index >= 15 is 0 Å². The summed E-state index contributed by atoms with van der Waals surface area (Å²) in [6.45, 7) is 0.816. The van der Waals surface area contributed by atoms with Crippen molar-refractivity contribution in [3.05, 3.63) is 29.6 Å². The monoisotopic (exact) mass is 302 g/mol. The van der Waals surface area contributed by atoms with Gasteiger partial charge in [0.25, 0.3) is 0 Å². The third-order valence-corrected chi connectivity index (χ3v) is 5.71. The molecule has 1 saturated heterocycles. The highest BCUT2D eigenvalue weighted by Crippen LogP contribution is 2.25. The van der Waals surface area contributed by atoms with Crippen molar-refractivity contribution < 1.29 is 4.39 Å². The van der Waals surface area contributed by atoms with Crippen LogP contribution in [0.3, 0.4) is 0 Å². The van der Waals surface area contributed by atoms with E-state index in [-0.39, 0.29) is 10.8 Å². The van der Waals surface area contributed by atoms with Gasteiger partial charge >= 0.3 is 0 Å². The molecule has 98 valence electrons. The van der Waals surface area contributed by atoms with Gasteiger partial charge in [0.2, 0.25) is 0 Å². The lowest BCUT2D eigenvalue weighted by Crippen LogP contribution is -2.24. The number of thiocarbonyl (C=S) groups is 1. The van der Waals surface area contributed by atoms with Crippen LogP contribution < -0.4 is 11.1 Å². The number of rotatable bonds is 4. The lowest BCUT2D eigenvalue weighted by Gasteiger charge is -2.22. The Bertz CT molecular complexity index is 433. The first-order chi connectivity index (χ1) is 8.68. The van der Waals surface area contributed by atoms with Crippen LogP contribution in [0.1, 0.15) is 5.56 Å². The van der Waals surface area contributed by atoms with Gasteiger partial charge < -0.3 is 11.1 Å². The zero-order valence-electron chi connectivity index (χ0n) is 9.82. The van der Waals surface area contributed by atoms with Crippen molar-refractivity contribution in [3.63, 3.8) is 0 Å². The van der Waals surface area contributed by atoms with E-state index in [4.69, 9.17) is 18.0 Å². The minimum absolute atomic E-state index is 0.0984.